The Hall–Kier alpha value is -1.55. The van der Waals surface area contributed by atoms with Crippen molar-refractivity contribution in [3.8, 4) is 0 Å². The monoisotopic (exact) mass is 232 g/mol. The largest absolute Gasteiger partial charge is 0.385 e. The molecule has 0 aliphatic carbocycles. The van der Waals surface area contributed by atoms with E-state index in [-0.39, 0.29) is 5.91 Å². The minimum Gasteiger partial charge on any atom is -0.385 e. The Kier molecular flexibility index (Phi) is 2.73. The lowest BCUT2D eigenvalue weighted by molar-refractivity contribution is -0.0768. The van der Waals surface area contributed by atoms with Gasteiger partial charge in [-0.05, 0) is 43.0 Å². The highest BCUT2D eigenvalue weighted by molar-refractivity contribution is 5.94. The summed E-state index contributed by atoms with van der Waals surface area (Å²) in [5, 5.41) is 4.81. The fourth-order valence-corrected chi connectivity index (χ4v) is 2.36. The molecule has 17 heavy (non-hydrogen) atoms. The van der Waals surface area contributed by atoms with Crippen molar-refractivity contribution in [3.05, 3.63) is 29.3 Å². The number of nitrogens with one attached hydrogen (secondary N) is 1. The number of hydroxylamine groups is 2. The molecule has 0 spiro atoms. The summed E-state index contributed by atoms with van der Waals surface area (Å²) in [5.41, 5.74) is 3.13. The number of rotatable bonds is 1. The molecule has 1 aromatic carbocycles. The first-order valence-corrected chi connectivity index (χ1v) is 6.16. The van der Waals surface area contributed by atoms with Gasteiger partial charge in [0.15, 0.2) is 0 Å². The molecule has 1 amide bonds. The Bertz CT molecular complexity index is 439. The molecule has 1 saturated heterocycles. The summed E-state index contributed by atoms with van der Waals surface area (Å²) in [6.45, 7) is 2.38. The van der Waals surface area contributed by atoms with Crippen molar-refractivity contribution < 1.29 is 9.63 Å². The Morgan fingerprint density at radius 1 is 1.35 bits per heavy atom. The zero-order chi connectivity index (χ0) is 11.7. The molecular formula is C13H16N2O2. The van der Waals surface area contributed by atoms with E-state index in [4.69, 9.17) is 4.84 Å². The van der Waals surface area contributed by atoms with Gasteiger partial charge in [0, 0.05) is 17.8 Å². The summed E-state index contributed by atoms with van der Waals surface area (Å²) in [6, 6.07) is 5.87. The summed E-state index contributed by atoms with van der Waals surface area (Å²) in [4.78, 5) is 17.4. The molecule has 2 heterocycles. The van der Waals surface area contributed by atoms with E-state index in [2.05, 4.69) is 5.32 Å². The van der Waals surface area contributed by atoms with Crippen LogP contribution in [0.2, 0.25) is 0 Å². The van der Waals surface area contributed by atoms with Gasteiger partial charge in [-0.3, -0.25) is 9.63 Å². The molecule has 2 aliphatic rings. The van der Waals surface area contributed by atoms with Gasteiger partial charge in [0.05, 0.1) is 13.2 Å². The van der Waals surface area contributed by atoms with Crippen LogP contribution in [0, 0.1) is 0 Å². The topological polar surface area (TPSA) is 41.6 Å². The molecule has 0 radical (unpaired) electrons. The van der Waals surface area contributed by atoms with Crippen molar-refractivity contribution in [1.82, 2.24) is 5.06 Å². The number of fused-ring (bicyclic) bond motifs is 1. The van der Waals surface area contributed by atoms with Crippen molar-refractivity contribution in [1.29, 1.82) is 0 Å². The third-order valence-corrected chi connectivity index (χ3v) is 3.27. The molecule has 2 aliphatic heterocycles. The minimum absolute atomic E-state index is 0.0177. The summed E-state index contributed by atoms with van der Waals surface area (Å²) in [5.74, 6) is -0.0177. The number of anilines is 1. The van der Waals surface area contributed by atoms with Crippen LogP contribution in [0.15, 0.2) is 18.2 Å². The van der Waals surface area contributed by atoms with Crippen molar-refractivity contribution in [2.45, 2.75) is 19.3 Å². The van der Waals surface area contributed by atoms with Crippen molar-refractivity contribution >= 4 is 11.6 Å². The predicted octanol–water partition coefficient (Wildman–Crippen LogP) is 1.82. The fourth-order valence-electron chi connectivity index (χ4n) is 2.36. The molecule has 4 nitrogen and oxygen atoms in total. The number of benzene rings is 1. The fraction of sp³-hybridized carbons (Fsp3) is 0.462. The third kappa shape index (κ3) is 2.00. The van der Waals surface area contributed by atoms with E-state index in [1.165, 1.54) is 10.6 Å². The van der Waals surface area contributed by atoms with E-state index in [1.54, 1.807) is 0 Å². The maximum absolute atomic E-state index is 12.1. The van der Waals surface area contributed by atoms with Crippen molar-refractivity contribution in [2.75, 3.05) is 25.0 Å². The first-order valence-electron chi connectivity index (χ1n) is 6.16. The van der Waals surface area contributed by atoms with Crippen molar-refractivity contribution in [3.63, 3.8) is 0 Å². The lowest BCUT2D eigenvalue weighted by Crippen LogP contribution is -2.26. The average Bonchev–Trinajstić information content (AvgIpc) is 2.91. The molecule has 0 atom stereocenters. The van der Waals surface area contributed by atoms with E-state index in [9.17, 15) is 4.79 Å². The van der Waals surface area contributed by atoms with E-state index in [0.29, 0.717) is 13.2 Å². The van der Waals surface area contributed by atoms with Crippen LogP contribution in [-0.4, -0.2) is 30.7 Å². The summed E-state index contributed by atoms with van der Waals surface area (Å²) in [6.07, 6.45) is 3.10. The first kappa shape index (κ1) is 10.6. The number of aryl methyl sites for hydroxylation is 1. The van der Waals surface area contributed by atoms with Gasteiger partial charge in [0.2, 0.25) is 0 Å². The zero-order valence-corrected chi connectivity index (χ0v) is 9.74. The second-order valence-electron chi connectivity index (χ2n) is 4.50. The average molecular weight is 232 g/mol. The predicted molar refractivity (Wildman–Crippen MR) is 64.9 cm³/mol. The number of nitrogens with zero attached hydrogens (tertiary/aromatic N) is 1. The van der Waals surface area contributed by atoms with Gasteiger partial charge in [-0.25, -0.2) is 5.06 Å². The Balaban J connectivity index is 1.85. The van der Waals surface area contributed by atoms with Gasteiger partial charge in [-0.1, -0.05) is 0 Å². The summed E-state index contributed by atoms with van der Waals surface area (Å²) < 4.78 is 0. The second-order valence-corrected chi connectivity index (χ2v) is 4.50. The summed E-state index contributed by atoms with van der Waals surface area (Å²) >= 11 is 0. The second kappa shape index (κ2) is 4.37. The highest BCUT2D eigenvalue weighted by Crippen LogP contribution is 2.24. The number of hydrogen-bond acceptors (Lipinski definition) is 3. The zero-order valence-electron chi connectivity index (χ0n) is 9.74. The van der Waals surface area contributed by atoms with E-state index >= 15 is 0 Å². The standard InChI is InChI=1S/C13H16N2O2/c16-13(15-7-2-8-17-15)11-4-5-12-10(9-11)3-1-6-14-12/h4-5,9,14H,1-3,6-8H2. The van der Waals surface area contributed by atoms with Crippen molar-refractivity contribution in [2.24, 2.45) is 0 Å². The molecule has 3 rings (SSSR count). The molecule has 0 saturated carbocycles. The molecular weight excluding hydrogens is 216 g/mol. The lowest BCUT2D eigenvalue weighted by atomic mass is 10.0. The van der Waals surface area contributed by atoms with Gasteiger partial charge < -0.3 is 5.32 Å². The maximum atomic E-state index is 12.1. The molecule has 90 valence electrons. The van der Waals surface area contributed by atoms with E-state index in [0.717, 1.165) is 37.1 Å². The van der Waals surface area contributed by atoms with Gasteiger partial charge >= 0.3 is 0 Å². The molecule has 4 heteroatoms. The van der Waals surface area contributed by atoms with Gasteiger partial charge in [0.25, 0.3) is 5.91 Å². The normalized spacial score (nSPS) is 18.7. The van der Waals surface area contributed by atoms with Crippen LogP contribution in [0.3, 0.4) is 0 Å². The molecule has 1 fully saturated rings. The molecule has 0 aromatic heterocycles. The molecule has 1 N–H and O–H groups in total. The van der Waals surface area contributed by atoms with Gasteiger partial charge in [0.1, 0.15) is 0 Å². The summed E-state index contributed by atoms with van der Waals surface area (Å²) in [7, 11) is 0. The number of carbonyl (C=O) groups excluding carboxylic acids is 1. The smallest absolute Gasteiger partial charge is 0.277 e. The highest BCUT2D eigenvalue weighted by atomic mass is 16.7. The lowest BCUT2D eigenvalue weighted by Gasteiger charge is -2.20. The molecule has 0 unspecified atom stereocenters. The minimum atomic E-state index is -0.0177. The Morgan fingerprint density at radius 2 is 2.29 bits per heavy atom. The Morgan fingerprint density at radius 3 is 3.12 bits per heavy atom. The van der Waals surface area contributed by atoms with Crippen LogP contribution in [0.4, 0.5) is 5.69 Å². The SMILES string of the molecule is O=C(c1ccc2c(c1)CCCN2)N1CCCO1. The number of amides is 1. The van der Waals surface area contributed by atoms with Crippen LogP contribution >= 0.6 is 0 Å². The Labute approximate surface area is 101 Å². The van der Waals surface area contributed by atoms with Crippen LogP contribution in [0.25, 0.3) is 0 Å². The first-order chi connectivity index (χ1) is 8.34. The van der Waals surface area contributed by atoms with Crippen LogP contribution < -0.4 is 5.32 Å². The van der Waals surface area contributed by atoms with Crippen LogP contribution in [-0.2, 0) is 11.3 Å². The molecule has 1 aromatic rings. The van der Waals surface area contributed by atoms with E-state index < -0.39 is 0 Å². The van der Waals surface area contributed by atoms with E-state index in [1.807, 2.05) is 18.2 Å². The van der Waals surface area contributed by atoms with Crippen LogP contribution in [0.1, 0.15) is 28.8 Å². The van der Waals surface area contributed by atoms with Gasteiger partial charge in [-0.2, -0.15) is 0 Å². The maximum Gasteiger partial charge on any atom is 0.277 e. The number of carbonyl (C=O) groups is 1. The molecule has 0 bridgehead atoms. The van der Waals surface area contributed by atoms with Crippen LogP contribution in [0.5, 0.6) is 0 Å². The number of hydrogen-bond donors (Lipinski definition) is 1. The highest BCUT2D eigenvalue weighted by Gasteiger charge is 2.21. The van der Waals surface area contributed by atoms with Gasteiger partial charge in [-0.15, -0.1) is 0 Å². The quantitative estimate of drug-likeness (QED) is 0.803. The third-order valence-electron chi connectivity index (χ3n) is 3.27.